The molecule has 0 heterocycles. The van der Waals surface area contributed by atoms with Gasteiger partial charge in [-0.05, 0) is 17.9 Å². The summed E-state index contributed by atoms with van der Waals surface area (Å²) < 4.78 is 5.61. The maximum absolute atomic E-state index is 5.61. The summed E-state index contributed by atoms with van der Waals surface area (Å²) in [5, 5.41) is 4.28. The third-order valence-corrected chi connectivity index (χ3v) is 3.52. The lowest BCUT2D eigenvalue weighted by Gasteiger charge is -2.12. The monoisotopic (exact) mass is 220 g/mol. The Hall–Kier alpha value is -0.363. The standard InChI is InChI=1S/C9H20O4Si/c1-4-9(14-3)10-7-6-8-12-13-11-5-2/h5,9H,2,4,6-8,14H2,1,3H3. The number of hydrogen-bond acceptors (Lipinski definition) is 4. The van der Waals surface area contributed by atoms with Crippen molar-refractivity contribution in [1.82, 2.24) is 0 Å². The van der Waals surface area contributed by atoms with E-state index >= 15 is 0 Å². The Kier molecular flexibility index (Phi) is 10.4. The molecule has 0 N–H and O–H groups in total. The SMILES string of the molecule is C=COOOCCCOC(CC)[SiH2]C. The normalized spacial score (nSPS) is 13.3. The van der Waals surface area contributed by atoms with Gasteiger partial charge in [-0.15, -0.1) is 0 Å². The van der Waals surface area contributed by atoms with Crippen LogP contribution in [-0.4, -0.2) is 28.5 Å². The van der Waals surface area contributed by atoms with Crippen molar-refractivity contribution in [3.05, 3.63) is 12.8 Å². The first-order chi connectivity index (χ1) is 6.85. The van der Waals surface area contributed by atoms with E-state index in [1.54, 1.807) is 0 Å². The van der Waals surface area contributed by atoms with Crippen molar-refractivity contribution >= 4 is 9.52 Å². The molecule has 5 heteroatoms. The van der Waals surface area contributed by atoms with Gasteiger partial charge in [-0.3, -0.25) is 0 Å². The lowest BCUT2D eigenvalue weighted by molar-refractivity contribution is -0.490. The molecule has 1 unspecified atom stereocenters. The predicted molar refractivity (Wildman–Crippen MR) is 57.4 cm³/mol. The van der Waals surface area contributed by atoms with E-state index in [4.69, 9.17) is 4.74 Å². The largest absolute Gasteiger partial charge is 0.382 e. The van der Waals surface area contributed by atoms with Crippen LogP contribution in [-0.2, 0) is 19.6 Å². The summed E-state index contributed by atoms with van der Waals surface area (Å²) in [6, 6.07) is 0. The minimum absolute atomic E-state index is 0.0519. The van der Waals surface area contributed by atoms with Crippen molar-refractivity contribution in [2.75, 3.05) is 13.2 Å². The van der Waals surface area contributed by atoms with Gasteiger partial charge in [0.15, 0.2) is 0 Å². The predicted octanol–water partition coefficient (Wildman–Crippen LogP) is 1.37. The van der Waals surface area contributed by atoms with Crippen LogP contribution < -0.4 is 0 Å². The second kappa shape index (κ2) is 10.7. The zero-order valence-electron chi connectivity index (χ0n) is 9.03. The van der Waals surface area contributed by atoms with Gasteiger partial charge in [0.25, 0.3) is 0 Å². The van der Waals surface area contributed by atoms with Gasteiger partial charge >= 0.3 is 0 Å². The highest BCUT2D eigenvalue weighted by molar-refractivity contribution is 6.35. The van der Waals surface area contributed by atoms with E-state index in [1.807, 2.05) is 0 Å². The molecule has 0 aliphatic heterocycles. The van der Waals surface area contributed by atoms with Gasteiger partial charge in [0.1, 0.15) is 6.26 Å². The Bertz CT molecular complexity index is 128. The molecule has 84 valence electrons. The lowest BCUT2D eigenvalue weighted by atomic mass is 10.5. The summed E-state index contributed by atoms with van der Waals surface area (Å²) >= 11 is 0. The molecule has 0 fully saturated rings. The van der Waals surface area contributed by atoms with Crippen molar-refractivity contribution in [2.45, 2.75) is 32.0 Å². The van der Waals surface area contributed by atoms with Crippen LogP contribution in [0.3, 0.4) is 0 Å². The highest BCUT2D eigenvalue weighted by atomic mass is 28.2. The smallest absolute Gasteiger partial charge is 0.125 e. The van der Waals surface area contributed by atoms with E-state index in [0.717, 1.165) is 25.7 Å². The van der Waals surface area contributed by atoms with Crippen LogP contribution in [0.25, 0.3) is 0 Å². The number of ether oxygens (including phenoxy) is 1. The Labute approximate surface area is 87.9 Å². The molecule has 0 aromatic rings. The minimum atomic E-state index is -0.0519. The molecule has 4 nitrogen and oxygen atoms in total. The maximum Gasteiger partial charge on any atom is 0.125 e. The van der Waals surface area contributed by atoms with Crippen LogP contribution in [0, 0.1) is 0 Å². The molecular formula is C9H20O4Si. The second-order valence-electron chi connectivity index (χ2n) is 2.82. The van der Waals surface area contributed by atoms with Crippen LogP contribution in [0.4, 0.5) is 0 Å². The first-order valence-electron chi connectivity index (χ1n) is 5.02. The lowest BCUT2D eigenvalue weighted by Crippen LogP contribution is -2.18. The Balaban J connectivity index is 3.08. The molecule has 1 atom stereocenters. The van der Waals surface area contributed by atoms with Gasteiger partial charge in [-0.1, -0.05) is 20.0 Å². The van der Waals surface area contributed by atoms with Crippen LogP contribution in [0.5, 0.6) is 0 Å². The molecule has 0 bridgehead atoms. The van der Waals surface area contributed by atoms with Crippen molar-refractivity contribution in [3.63, 3.8) is 0 Å². The fourth-order valence-electron chi connectivity index (χ4n) is 0.982. The van der Waals surface area contributed by atoms with Crippen molar-refractivity contribution in [2.24, 2.45) is 0 Å². The van der Waals surface area contributed by atoms with E-state index in [-0.39, 0.29) is 9.52 Å². The third-order valence-electron chi connectivity index (χ3n) is 1.79. The van der Waals surface area contributed by atoms with Gasteiger partial charge in [-0.25, -0.2) is 0 Å². The molecule has 0 saturated heterocycles. The van der Waals surface area contributed by atoms with Gasteiger partial charge in [-0.2, -0.15) is 4.89 Å². The summed E-state index contributed by atoms with van der Waals surface area (Å²) in [6.07, 6.45) is 3.08. The summed E-state index contributed by atoms with van der Waals surface area (Å²) in [4.78, 5) is 8.97. The molecule has 0 saturated carbocycles. The fourth-order valence-corrected chi connectivity index (χ4v) is 1.96. The zero-order chi connectivity index (χ0) is 10.6. The molecule has 14 heavy (non-hydrogen) atoms. The summed E-state index contributed by atoms with van der Waals surface area (Å²) in [5.74, 6) is 0. The van der Waals surface area contributed by atoms with E-state index in [1.165, 1.54) is 0 Å². The summed E-state index contributed by atoms with van der Waals surface area (Å²) in [6.45, 7) is 8.89. The van der Waals surface area contributed by atoms with Gasteiger partial charge < -0.3 is 9.62 Å². The van der Waals surface area contributed by atoms with E-state index in [9.17, 15) is 0 Å². The molecule has 0 aliphatic rings. The molecule has 0 aromatic carbocycles. The van der Waals surface area contributed by atoms with Crippen molar-refractivity contribution in [1.29, 1.82) is 0 Å². The van der Waals surface area contributed by atoms with Crippen LogP contribution in [0.15, 0.2) is 12.8 Å². The van der Waals surface area contributed by atoms with Crippen molar-refractivity contribution in [3.8, 4) is 0 Å². The highest BCUT2D eigenvalue weighted by Crippen LogP contribution is 1.97. The molecule has 0 aromatic heterocycles. The van der Waals surface area contributed by atoms with E-state index in [2.05, 4.69) is 34.9 Å². The van der Waals surface area contributed by atoms with Crippen LogP contribution in [0.2, 0.25) is 6.55 Å². The molecule has 0 aliphatic carbocycles. The zero-order valence-corrected chi connectivity index (χ0v) is 10.4. The average molecular weight is 220 g/mol. The molecular weight excluding hydrogens is 200 g/mol. The fraction of sp³-hybridized carbons (Fsp3) is 0.778. The third kappa shape index (κ3) is 8.24. The molecule has 0 rings (SSSR count). The maximum atomic E-state index is 5.61. The Morgan fingerprint density at radius 3 is 2.79 bits per heavy atom. The Morgan fingerprint density at radius 2 is 2.21 bits per heavy atom. The summed E-state index contributed by atoms with van der Waals surface area (Å²) in [7, 11) is -0.0519. The minimum Gasteiger partial charge on any atom is -0.382 e. The first kappa shape index (κ1) is 13.6. The topological polar surface area (TPSA) is 36.9 Å². The highest BCUT2D eigenvalue weighted by Gasteiger charge is 2.02. The second-order valence-corrected chi connectivity index (χ2v) is 4.54. The van der Waals surface area contributed by atoms with E-state index < -0.39 is 0 Å². The molecule has 0 radical (unpaired) electrons. The quantitative estimate of drug-likeness (QED) is 0.183. The molecule has 0 amide bonds. The van der Waals surface area contributed by atoms with Crippen LogP contribution in [0.1, 0.15) is 19.8 Å². The van der Waals surface area contributed by atoms with Crippen LogP contribution >= 0.6 is 0 Å². The average Bonchev–Trinajstić information content (AvgIpc) is 2.22. The van der Waals surface area contributed by atoms with E-state index in [0.29, 0.717) is 12.3 Å². The van der Waals surface area contributed by atoms with Gasteiger partial charge in [0.05, 0.1) is 16.1 Å². The number of hydrogen-bond donors (Lipinski definition) is 0. The van der Waals surface area contributed by atoms with Crippen molar-refractivity contribution < 1.29 is 19.6 Å². The first-order valence-corrected chi connectivity index (χ1v) is 7.25. The van der Waals surface area contributed by atoms with Gasteiger partial charge in [0.2, 0.25) is 0 Å². The van der Waals surface area contributed by atoms with Gasteiger partial charge in [0, 0.05) is 12.3 Å². The Morgan fingerprint density at radius 1 is 1.43 bits per heavy atom. The number of rotatable bonds is 10. The molecule has 0 spiro atoms. The summed E-state index contributed by atoms with van der Waals surface area (Å²) in [5.41, 5.74) is 0.500.